The third-order valence-electron chi connectivity index (χ3n) is 3.60. The molecular weight excluding hydrogens is 382 g/mol. The van der Waals surface area contributed by atoms with Crippen molar-refractivity contribution in [1.29, 1.82) is 0 Å². The minimum Gasteiger partial charge on any atom is -0.468 e. The van der Waals surface area contributed by atoms with Gasteiger partial charge in [-0.15, -0.1) is 0 Å². The van der Waals surface area contributed by atoms with Gasteiger partial charge in [0.25, 0.3) is 0 Å². The zero-order valence-electron chi connectivity index (χ0n) is 16.6. The van der Waals surface area contributed by atoms with Gasteiger partial charge in [-0.05, 0) is 31.5 Å². The highest BCUT2D eigenvalue weighted by Crippen LogP contribution is 2.10. The minimum absolute atomic E-state index is 0.0388. The molecule has 0 fully saturated rings. The molecule has 0 saturated heterocycles. The van der Waals surface area contributed by atoms with E-state index in [2.05, 4.69) is 20.7 Å². The molecule has 0 heterocycles. The van der Waals surface area contributed by atoms with E-state index in [9.17, 15) is 24.0 Å². The molecule has 0 unspecified atom stereocenters. The number of ether oxygens (including phenoxy) is 2. The second-order valence-electron chi connectivity index (χ2n) is 6.06. The van der Waals surface area contributed by atoms with Crippen LogP contribution in [-0.4, -0.2) is 56.0 Å². The molecule has 10 heteroatoms. The van der Waals surface area contributed by atoms with Crippen LogP contribution in [0.4, 0.5) is 5.69 Å². The van der Waals surface area contributed by atoms with E-state index in [4.69, 9.17) is 4.74 Å². The highest BCUT2D eigenvalue weighted by atomic mass is 16.5. The number of hydrogen-bond acceptors (Lipinski definition) is 7. The summed E-state index contributed by atoms with van der Waals surface area (Å²) in [4.78, 5) is 57.9. The second kappa shape index (κ2) is 12.1. The third kappa shape index (κ3) is 9.36. The van der Waals surface area contributed by atoms with E-state index in [1.54, 1.807) is 26.0 Å². The fourth-order valence-electron chi connectivity index (χ4n) is 2.19. The van der Waals surface area contributed by atoms with Crippen molar-refractivity contribution in [2.24, 2.45) is 0 Å². The predicted octanol–water partition coefficient (Wildman–Crippen LogP) is -0.0853. The fourth-order valence-corrected chi connectivity index (χ4v) is 2.19. The molecule has 0 aliphatic heterocycles. The first kappa shape index (κ1) is 23.6. The number of amides is 3. The molecule has 0 saturated carbocycles. The molecule has 1 atom stereocenters. The molecule has 158 valence electrons. The third-order valence-corrected chi connectivity index (χ3v) is 3.60. The van der Waals surface area contributed by atoms with Crippen molar-refractivity contribution in [2.75, 3.05) is 25.6 Å². The Hall–Kier alpha value is -3.43. The van der Waals surface area contributed by atoms with Gasteiger partial charge < -0.3 is 25.4 Å². The Morgan fingerprint density at radius 3 is 2.24 bits per heavy atom. The van der Waals surface area contributed by atoms with E-state index < -0.39 is 29.8 Å². The number of rotatable bonds is 9. The van der Waals surface area contributed by atoms with Gasteiger partial charge in [0.2, 0.25) is 5.91 Å². The Kier molecular flexibility index (Phi) is 9.86. The van der Waals surface area contributed by atoms with Crippen LogP contribution in [0.2, 0.25) is 0 Å². The molecule has 0 aliphatic rings. The fraction of sp³-hybridized carbons (Fsp3) is 0.421. The lowest BCUT2D eigenvalue weighted by molar-refractivity contribution is -0.144. The smallest absolute Gasteiger partial charge is 0.325 e. The Balaban J connectivity index is 2.48. The number of hydrogen-bond donors (Lipinski definition) is 3. The van der Waals surface area contributed by atoms with Crippen molar-refractivity contribution >= 4 is 35.3 Å². The average Bonchev–Trinajstić information content (AvgIpc) is 2.67. The van der Waals surface area contributed by atoms with Crippen LogP contribution in [0.3, 0.4) is 0 Å². The summed E-state index contributed by atoms with van der Waals surface area (Å²) in [5.41, 5.74) is 1.01. The molecule has 0 radical (unpaired) electrons. The van der Waals surface area contributed by atoms with Gasteiger partial charge in [0.1, 0.15) is 6.54 Å². The van der Waals surface area contributed by atoms with Crippen molar-refractivity contribution in [2.45, 2.75) is 32.7 Å². The molecule has 10 nitrogen and oxygen atoms in total. The van der Waals surface area contributed by atoms with Crippen molar-refractivity contribution in [3.8, 4) is 0 Å². The summed E-state index contributed by atoms with van der Waals surface area (Å²) in [7, 11) is 1.23. The van der Waals surface area contributed by atoms with E-state index >= 15 is 0 Å². The van der Waals surface area contributed by atoms with Crippen LogP contribution in [0.5, 0.6) is 0 Å². The van der Waals surface area contributed by atoms with Crippen LogP contribution < -0.4 is 16.0 Å². The monoisotopic (exact) mass is 407 g/mol. The molecule has 0 aromatic heterocycles. The Morgan fingerprint density at radius 1 is 1.00 bits per heavy atom. The van der Waals surface area contributed by atoms with Crippen molar-refractivity contribution in [3.63, 3.8) is 0 Å². The lowest BCUT2D eigenvalue weighted by Crippen LogP contribution is -2.41. The maximum absolute atomic E-state index is 12.0. The number of methoxy groups -OCH3 is 1. The predicted molar refractivity (Wildman–Crippen MR) is 103 cm³/mol. The molecule has 3 N–H and O–H groups in total. The maximum atomic E-state index is 12.0. The second-order valence-corrected chi connectivity index (χ2v) is 6.06. The summed E-state index contributed by atoms with van der Waals surface area (Å²) in [6, 6.07) is 5.73. The molecule has 0 spiro atoms. The standard InChI is InChI=1S/C19H25N3O7/c1-4-29-16(24)9-12(2)21-18(26)19(27)22-14-7-5-13(6-8-14)10-15(23)20-11-17(25)28-3/h5-8,12H,4,9-11H2,1-3H3,(H,20,23)(H,21,26)(H,22,27)/t12-/m0/s1. The Labute approximate surface area is 168 Å². The van der Waals surface area contributed by atoms with Crippen molar-refractivity contribution < 1.29 is 33.4 Å². The first-order valence-electron chi connectivity index (χ1n) is 8.95. The van der Waals surface area contributed by atoms with Gasteiger partial charge in [-0.2, -0.15) is 0 Å². The Bertz CT molecular complexity index is 747. The lowest BCUT2D eigenvalue weighted by Gasteiger charge is -2.13. The minimum atomic E-state index is -0.885. The quantitative estimate of drug-likeness (QED) is 0.384. The van der Waals surface area contributed by atoms with Crippen LogP contribution in [0.25, 0.3) is 0 Å². The topological polar surface area (TPSA) is 140 Å². The van der Waals surface area contributed by atoms with E-state index in [0.29, 0.717) is 11.3 Å². The molecule has 1 rings (SSSR count). The van der Waals surface area contributed by atoms with Crippen LogP contribution in [0, 0.1) is 0 Å². The normalized spacial score (nSPS) is 11.0. The highest BCUT2D eigenvalue weighted by Gasteiger charge is 2.18. The zero-order chi connectivity index (χ0) is 21.8. The van der Waals surface area contributed by atoms with Gasteiger partial charge in [-0.3, -0.25) is 24.0 Å². The number of nitrogens with one attached hydrogen (secondary N) is 3. The van der Waals surface area contributed by atoms with Gasteiger partial charge in [-0.25, -0.2) is 0 Å². The van der Waals surface area contributed by atoms with Gasteiger partial charge >= 0.3 is 23.8 Å². The van der Waals surface area contributed by atoms with Crippen molar-refractivity contribution in [3.05, 3.63) is 29.8 Å². The molecule has 0 bridgehead atoms. The van der Waals surface area contributed by atoms with E-state index in [-0.39, 0.29) is 31.9 Å². The van der Waals surface area contributed by atoms with Crippen LogP contribution >= 0.6 is 0 Å². The van der Waals surface area contributed by atoms with Gasteiger partial charge in [0.05, 0.1) is 26.6 Å². The van der Waals surface area contributed by atoms with Crippen LogP contribution in [0.15, 0.2) is 24.3 Å². The summed E-state index contributed by atoms with van der Waals surface area (Å²) < 4.78 is 9.21. The van der Waals surface area contributed by atoms with Gasteiger partial charge in [0, 0.05) is 11.7 Å². The number of anilines is 1. The SMILES string of the molecule is CCOC(=O)C[C@H](C)NC(=O)C(=O)Nc1ccc(CC(=O)NCC(=O)OC)cc1. The van der Waals surface area contributed by atoms with Crippen LogP contribution in [0.1, 0.15) is 25.8 Å². The summed E-state index contributed by atoms with van der Waals surface area (Å²) in [6.07, 6.45) is -0.00329. The van der Waals surface area contributed by atoms with Crippen molar-refractivity contribution in [1.82, 2.24) is 10.6 Å². The zero-order valence-corrected chi connectivity index (χ0v) is 16.6. The molecule has 29 heavy (non-hydrogen) atoms. The van der Waals surface area contributed by atoms with E-state index in [1.165, 1.54) is 19.2 Å². The van der Waals surface area contributed by atoms with Gasteiger partial charge in [0.15, 0.2) is 0 Å². The summed E-state index contributed by atoms with van der Waals surface area (Å²) in [5.74, 6) is -3.14. The summed E-state index contributed by atoms with van der Waals surface area (Å²) in [6.45, 7) is 3.28. The average molecular weight is 407 g/mol. The van der Waals surface area contributed by atoms with E-state index in [0.717, 1.165) is 0 Å². The Morgan fingerprint density at radius 2 is 1.66 bits per heavy atom. The highest BCUT2D eigenvalue weighted by molar-refractivity contribution is 6.39. The molecule has 0 aliphatic carbocycles. The van der Waals surface area contributed by atoms with E-state index in [1.807, 2.05) is 0 Å². The molecule has 1 aromatic rings. The summed E-state index contributed by atoms with van der Waals surface area (Å²) >= 11 is 0. The molecule has 3 amide bonds. The largest absolute Gasteiger partial charge is 0.468 e. The lowest BCUT2D eigenvalue weighted by atomic mass is 10.1. The number of carbonyl (C=O) groups is 5. The first-order chi connectivity index (χ1) is 13.7. The number of carbonyl (C=O) groups excluding carboxylic acids is 5. The number of benzene rings is 1. The number of esters is 2. The van der Waals surface area contributed by atoms with Gasteiger partial charge in [-0.1, -0.05) is 12.1 Å². The summed E-state index contributed by atoms with van der Waals surface area (Å²) in [5, 5.41) is 7.25. The molecule has 1 aromatic carbocycles. The molecular formula is C19H25N3O7. The maximum Gasteiger partial charge on any atom is 0.325 e. The first-order valence-corrected chi connectivity index (χ1v) is 8.95. The van der Waals surface area contributed by atoms with Crippen LogP contribution in [-0.2, 0) is 39.9 Å².